The van der Waals surface area contributed by atoms with E-state index in [0.717, 1.165) is 16.7 Å². The zero-order valence-electron chi connectivity index (χ0n) is 20.9. The summed E-state index contributed by atoms with van der Waals surface area (Å²) in [4.78, 5) is 38.7. The minimum atomic E-state index is -1.03. The van der Waals surface area contributed by atoms with Crippen LogP contribution in [0.2, 0.25) is 0 Å². The molecule has 0 saturated carbocycles. The molecular formula is C29H28N2O5. The van der Waals surface area contributed by atoms with E-state index in [9.17, 15) is 19.5 Å². The summed E-state index contributed by atoms with van der Waals surface area (Å²) in [5.74, 6) is -0.735. The highest BCUT2D eigenvalue weighted by atomic mass is 16.4. The molecule has 0 aliphatic rings. The molecule has 1 heterocycles. The third-order valence-electron chi connectivity index (χ3n) is 6.15. The summed E-state index contributed by atoms with van der Waals surface area (Å²) in [5.41, 5.74) is 4.55. The Morgan fingerprint density at radius 2 is 1.69 bits per heavy atom. The van der Waals surface area contributed by atoms with Crippen molar-refractivity contribution < 1.29 is 19.1 Å². The molecule has 0 bridgehead atoms. The number of rotatable bonds is 6. The number of fused-ring (bicyclic) bond motifs is 1. The predicted octanol–water partition coefficient (Wildman–Crippen LogP) is 5.65. The number of hydrogen-bond donors (Lipinski definition) is 2. The highest BCUT2D eigenvalue weighted by molar-refractivity contribution is 5.96. The predicted molar refractivity (Wildman–Crippen MR) is 141 cm³/mol. The lowest BCUT2D eigenvalue weighted by molar-refractivity contribution is 0.0697. The molecule has 0 radical (unpaired) electrons. The number of aromatic carboxylic acids is 1. The third-order valence-corrected chi connectivity index (χ3v) is 6.15. The molecule has 0 saturated heterocycles. The van der Waals surface area contributed by atoms with Gasteiger partial charge in [0.25, 0.3) is 5.91 Å². The number of carboxylic acids is 1. The number of anilines is 1. The Morgan fingerprint density at radius 1 is 0.972 bits per heavy atom. The molecule has 4 aromatic rings. The van der Waals surface area contributed by atoms with E-state index in [-0.39, 0.29) is 22.9 Å². The Morgan fingerprint density at radius 3 is 2.36 bits per heavy atom. The van der Waals surface area contributed by atoms with Crippen molar-refractivity contribution in [1.29, 1.82) is 0 Å². The van der Waals surface area contributed by atoms with E-state index in [0.29, 0.717) is 33.5 Å². The van der Waals surface area contributed by atoms with Gasteiger partial charge < -0.3 is 19.7 Å². The van der Waals surface area contributed by atoms with Gasteiger partial charge in [0.1, 0.15) is 11.3 Å². The van der Waals surface area contributed by atoms with Gasteiger partial charge in [0, 0.05) is 42.5 Å². The van der Waals surface area contributed by atoms with Crippen molar-refractivity contribution in [3.8, 4) is 11.3 Å². The van der Waals surface area contributed by atoms with Crippen molar-refractivity contribution in [2.24, 2.45) is 0 Å². The summed E-state index contributed by atoms with van der Waals surface area (Å²) < 4.78 is 6.30. The third kappa shape index (κ3) is 4.73. The fourth-order valence-corrected chi connectivity index (χ4v) is 4.30. The fourth-order valence-electron chi connectivity index (χ4n) is 4.30. The summed E-state index contributed by atoms with van der Waals surface area (Å²) in [6.45, 7) is 5.64. The Kier molecular flexibility index (Phi) is 6.66. The second-order valence-electron chi connectivity index (χ2n) is 9.15. The van der Waals surface area contributed by atoms with Crippen LogP contribution in [0.4, 0.5) is 5.69 Å². The van der Waals surface area contributed by atoms with Gasteiger partial charge in [0.15, 0.2) is 5.43 Å². The van der Waals surface area contributed by atoms with Crippen LogP contribution in [-0.2, 0) is 0 Å². The van der Waals surface area contributed by atoms with Crippen LogP contribution >= 0.6 is 0 Å². The van der Waals surface area contributed by atoms with Crippen LogP contribution in [0.3, 0.4) is 0 Å². The van der Waals surface area contributed by atoms with E-state index in [1.165, 1.54) is 17.0 Å². The van der Waals surface area contributed by atoms with Gasteiger partial charge in [-0.15, -0.1) is 0 Å². The van der Waals surface area contributed by atoms with Gasteiger partial charge in [-0.3, -0.25) is 9.59 Å². The molecule has 7 nitrogen and oxygen atoms in total. The van der Waals surface area contributed by atoms with Gasteiger partial charge in [-0.05, 0) is 62.2 Å². The van der Waals surface area contributed by atoms with E-state index in [1.807, 2.05) is 32.9 Å². The number of amides is 1. The average Bonchev–Trinajstić information content (AvgIpc) is 2.83. The number of para-hydroxylation sites is 1. The van der Waals surface area contributed by atoms with Crippen LogP contribution in [0.15, 0.2) is 69.9 Å². The minimum Gasteiger partial charge on any atom is -0.478 e. The zero-order valence-corrected chi connectivity index (χ0v) is 20.9. The summed E-state index contributed by atoms with van der Waals surface area (Å²) in [7, 11) is 3.40. The molecule has 7 heteroatoms. The number of aryl methyl sites for hydroxylation is 2. The molecule has 0 spiro atoms. The van der Waals surface area contributed by atoms with Crippen LogP contribution in [0.5, 0.6) is 0 Å². The second kappa shape index (κ2) is 9.70. The summed E-state index contributed by atoms with van der Waals surface area (Å²) in [5, 5.41) is 13.3. The van der Waals surface area contributed by atoms with Gasteiger partial charge in [-0.2, -0.15) is 0 Å². The van der Waals surface area contributed by atoms with Crippen molar-refractivity contribution in [2.75, 3.05) is 19.4 Å². The first-order valence-electron chi connectivity index (χ1n) is 11.6. The lowest BCUT2D eigenvalue weighted by atomic mass is 9.99. The highest BCUT2D eigenvalue weighted by Gasteiger charge is 2.19. The number of benzene rings is 3. The van der Waals surface area contributed by atoms with Crippen LogP contribution in [0, 0.1) is 13.8 Å². The van der Waals surface area contributed by atoms with Gasteiger partial charge in [0.05, 0.1) is 17.0 Å². The molecular weight excluding hydrogens is 456 g/mol. The summed E-state index contributed by atoms with van der Waals surface area (Å²) in [6, 6.07) is 16.9. The molecule has 184 valence electrons. The first-order chi connectivity index (χ1) is 17.1. The molecule has 1 aromatic heterocycles. The molecule has 1 unspecified atom stereocenters. The first-order valence-corrected chi connectivity index (χ1v) is 11.6. The number of nitrogens with one attached hydrogen (secondary N) is 1. The molecule has 2 N–H and O–H groups in total. The molecule has 0 aliphatic heterocycles. The fraction of sp³-hybridized carbons (Fsp3) is 0.207. The number of carboxylic acid groups (broad SMARTS) is 1. The first kappa shape index (κ1) is 24.7. The average molecular weight is 485 g/mol. The SMILES string of the molecule is Cc1cc(C(C)Nc2ccccc2C(=O)O)c2oc(-c3ccc(C(=O)N(C)C)c(C)c3)cc(=O)c2c1. The number of hydrogen-bond acceptors (Lipinski definition) is 5. The normalized spacial score (nSPS) is 11.8. The van der Waals surface area contributed by atoms with E-state index < -0.39 is 5.97 Å². The second-order valence-corrected chi connectivity index (χ2v) is 9.15. The minimum absolute atomic E-state index is 0.0988. The van der Waals surface area contributed by atoms with E-state index in [1.54, 1.807) is 50.5 Å². The van der Waals surface area contributed by atoms with Crippen molar-refractivity contribution in [3.05, 3.63) is 98.7 Å². The molecule has 1 amide bonds. The summed E-state index contributed by atoms with van der Waals surface area (Å²) >= 11 is 0. The Hall–Kier alpha value is -4.39. The van der Waals surface area contributed by atoms with Gasteiger partial charge >= 0.3 is 5.97 Å². The summed E-state index contributed by atoms with van der Waals surface area (Å²) in [6.07, 6.45) is 0. The van der Waals surface area contributed by atoms with Crippen molar-refractivity contribution in [1.82, 2.24) is 4.90 Å². The molecule has 3 aromatic carbocycles. The Bertz CT molecular complexity index is 1550. The topological polar surface area (TPSA) is 99.8 Å². The standard InChI is InChI=1S/C29H28N2O5/c1-16-12-22(18(3)30-24-9-7-6-8-21(24)29(34)35)27-23(13-16)25(32)15-26(36-27)19-10-11-20(17(2)14-19)28(33)31(4)5/h6-15,18,30H,1-5H3,(H,34,35). The zero-order chi connectivity index (χ0) is 26.1. The lowest BCUT2D eigenvalue weighted by Crippen LogP contribution is -2.22. The van der Waals surface area contributed by atoms with Gasteiger partial charge in [0.2, 0.25) is 0 Å². The molecule has 1 atom stereocenters. The van der Waals surface area contributed by atoms with E-state index in [2.05, 4.69) is 5.32 Å². The van der Waals surface area contributed by atoms with Crippen LogP contribution < -0.4 is 10.7 Å². The number of nitrogens with zero attached hydrogens (tertiary/aromatic N) is 1. The highest BCUT2D eigenvalue weighted by Crippen LogP contribution is 2.32. The van der Waals surface area contributed by atoms with Crippen LogP contribution in [0.1, 0.15) is 50.4 Å². The lowest BCUT2D eigenvalue weighted by Gasteiger charge is -2.19. The molecule has 36 heavy (non-hydrogen) atoms. The maximum atomic E-state index is 13.1. The van der Waals surface area contributed by atoms with Gasteiger partial charge in [-0.25, -0.2) is 4.79 Å². The quantitative estimate of drug-likeness (QED) is 0.367. The maximum Gasteiger partial charge on any atom is 0.337 e. The number of carbonyl (C=O) groups is 2. The van der Waals surface area contributed by atoms with Crippen molar-refractivity contribution in [3.63, 3.8) is 0 Å². The Balaban J connectivity index is 1.82. The molecule has 0 aliphatic carbocycles. The van der Waals surface area contributed by atoms with Crippen molar-refractivity contribution >= 4 is 28.5 Å². The van der Waals surface area contributed by atoms with Crippen LogP contribution in [-0.4, -0.2) is 36.0 Å². The van der Waals surface area contributed by atoms with E-state index >= 15 is 0 Å². The number of carbonyl (C=O) groups excluding carboxylic acids is 1. The maximum absolute atomic E-state index is 13.1. The monoisotopic (exact) mass is 484 g/mol. The van der Waals surface area contributed by atoms with Gasteiger partial charge in [-0.1, -0.05) is 24.3 Å². The Labute approximate surface area is 209 Å². The van der Waals surface area contributed by atoms with Crippen LogP contribution in [0.25, 0.3) is 22.3 Å². The molecule has 0 fully saturated rings. The van der Waals surface area contributed by atoms with Crippen molar-refractivity contribution in [2.45, 2.75) is 26.8 Å². The van der Waals surface area contributed by atoms with E-state index in [4.69, 9.17) is 4.42 Å². The largest absolute Gasteiger partial charge is 0.478 e. The smallest absolute Gasteiger partial charge is 0.337 e. The molecule has 4 rings (SSSR count).